The number of carbonyl (C=O) groups is 1. The first-order chi connectivity index (χ1) is 17.1. The molecule has 1 saturated heterocycles. The number of benzene rings is 2. The van der Waals surface area contributed by atoms with E-state index in [4.69, 9.17) is 0 Å². The molecular formula is C29H35N5O. The van der Waals surface area contributed by atoms with E-state index in [2.05, 4.69) is 74.9 Å². The number of hydrogen-bond acceptors (Lipinski definition) is 5. The van der Waals surface area contributed by atoms with Gasteiger partial charge >= 0.3 is 0 Å². The molecule has 6 nitrogen and oxygen atoms in total. The fourth-order valence-electron chi connectivity index (χ4n) is 4.96. The second kappa shape index (κ2) is 11.0. The Balaban J connectivity index is 1.07. The van der Waals surface area contributed by atoms with Crippen molar-refractivity contribution in [2.45, 2.75) is 31.8 Å². The first kappa shape index (κ1) is 23.5. The molecule has 2 aliphatic heterocycles. The highest BCUT2D eigenvalue weighted by molar-refractivity contribution is 5.94. The maximum atomic E-state index is 12.6. The lowest BCUT2D eigenvalue weighted by molar-refractivity contribution is 0.0951. The molecule has 182 valence electrons. The Morgan fingerprint density at radius 1 is 0.971 bits per heavy atom. The number of fused-ring (bicyclic) bond motifs is 1. The number of pyridine rings is 1. The molecule has 5 rings (SSSR count). The number of anilines is 1. The fourth-order valence-corrected chi connectivity index (χ4v) is 4.96. The summed E-state index contributed by atoms with van der Waals surface area (Å²) < 4.78 is 0. The number of aromatic nitrogens is 1. The molecule has 0 spiro atoms. The first-order valence-corrected chi connectivity index (χ1v) is 12.7. The molecule has 0 radical (unpaired) electrons. The largest absolute Gasteiger partial charge is 0.369 e. The highest BCUT2D eigenvalue weighted by Crippen LogP contribution is 2.32. The van der Waals surface area contributed by atoms with E-state index in [1.807, 2.05) is 24.4 Å². The summed E-state index contributed by atoms with van der Waals surface area (Å²) in [7, 11) is 2.17. The van der Waals surface area contributed by atoms with Gasteiger partial charge in [-0.05, 0) is 60.3 Å². The minimum Gasteiger partial charge on any atom is -0.369 e. The van der Waals surface area contributed by atoms with Gasteiger partial charge in [0, 0.05) is 63.5 Å². The van der Waals surface area contributed by atoms with Crippen LogP contribution in [0.1, 0.15) is 45.0 Å². The van der Waals surface area contributed by atoms with Gasteiger partial charge in [-0.3, -0.25) is 9.69 Å². The smallest absolute Gasteiger partial charge is 0.251 e. The topological polar surface area (TPSA) is 60.5 Å². The molecule has 2 aromatic carbocycles. The Kier molecular flexibility index (Phi) is 7.40. The van der Waals surface area contributed by atoms with Crippen LogP contribution < -0.4 is 10.6 Å². The molecular weight excluding hydrogens is 434 g/mol. The van der Waals surface area contributed by atoms with Crippen molar-refractivity contribution < 1.29 is 4.79 Å². The molecule has 0 aliphatic carbocycles. The van der Waals surface area contributed by atoms with Crippen LogP contribution in [0.5, 0.6) is 0 Å². The summed E-state index contributed by atoms with van der Waals surface area (Å²) in [5.41, 5.74) is 5.75. The first-order valence-electron chi connectivity index (χ1n) is 12.7. The van der Waals surface area contributed by atoms with E-state index in [0.717, 1.165) is 63.5 Å². The lowest BCUT2D eigenvalue weighted by Gasteiger charge is -2.32. The van der Waals surface area contributed by atoms with Gasteiger partial charge < -0.3 is 15.5 Å². The van der Waals surface area contributed by atoms with E-state index >= 15 is 0 Å². The summed E-state index contributed by atoms with van der Waals surface area (Å²) in [5.74, 6) is 1.53. The van der Waals surface area contributed by atoms with Crippen LogP contribution in [0.4, 0.5) is 5.82 Å². The zero-order chi connectivity index (χ0) is 24.0. The fraction of sp³-hybridized carbons (Fsp3) is 0.379. The van der Waals surface area contributed by atoms with Gasteiger partial charge in [0.2, 0.25) is 0 Å². The lowest BCUT2D eigenvalue weighted by atomic mass is 9.95. The van der Waals surface area contributed by atoms with Crippen LogP contribution in [0.15, 0.2) is 66.9 Å². The van der Waals surface area contributed by atoms with Crippen molar-refractivity contribution >= 4 is 11.7 Å². The van der Waals surface area contributed by atoms with Crippen molar-refractivity contribution in [3.05, 3.63) is 94.7 Å². The minimum absolute atomic E-state index is 0.0266. The second-order valence-corrected chi connectivity index (χ2v) is 9.83. The number of hydrogen-bond donors (Lipinski definition) is 2. The summed E-state index contributed by atoms with van der Waals surface area (Å²) in [5, 5.41) is 6.46. The second-order valence-electron chi connectivity index (χ2n) is 9.83. The molecule has 0 saturated carbocycles. The number of rotatable bonds is 8. The van der Waals surface area contributed by atoms with E-state index in [1.165, 1.54) is 16.7 Å². The van der Waals surface area contributed by atoms with Crippen molar-refractivity contribution in [1.29, 1.82) is 0 Å². The van der Waals surface area contributed by atoms with Crippen LogP contribution in [0.3, 0.4) is 0 Å². The summed E-state index contributed by atoms with van der Waals surface area (Å²) in [6.07, 6.45) is 3.98. The maximum Gasteiger partial charge on any atom is 0.251 e. The Hall–Kier alpha value is -3.22. The van der Waals surface area contributed by atoms with Crippen LogP contribution in [0.2, 0.25) is 0 Å². The summed E-state index contributed by atoms with van der Waals surface area (Å²) >= 11 is 0. The monoisotopic (exact) mass is 469 g/mol. The van der Waals surface area contributed by atoms with Crippen LogP contribution in [0.25, 0.3) is 0 Å². The van der Waals surface area contributed by atoms with Crippen molar-refractivity contribution in [1.82, 2.24) is 20.1 Å². The molecule has 1 atom stereocenters. The molecule has 3 heterocycles. The SMILES string of the molecule is CN1CCN(Cc2ccc(C(=O)NCc3ccc(CCC4CNc5ncccc54)cc3)cc2)CC1. The van der Waals surface area contributed by atoms with Crippen molar-refractivity contribution in [3.63, 3.8) is 0 Å². The van der Waals surface area contributed by atoms with Crippen molar-refractivity contribution in [3.8, 4) is 0 Å². The molecule has 35 heavy (non-hydrogen) atoms. The predicted molar refractivity (Wildman–Crippen MR) is 141 cm³/mol. The van der Waals surface area contributed by atoms with Gasteiger partial charge in [0.05, 0.1) is 0 Å². The minimum atomic E-state index is -0.0266. The Labute approximate surface area is 208 Å². The normalized spacial score (nSPS) is 18.1. The van der Waals surface area contributed by atoms with Crippen LogP contribution in [-0.2, 0) is 19.5 Å². The van der Waals surface area contributed by atoms with E-state index in [1.54, 1.807) is 0 Å². The third kappa shape index (κ3) is 6.08. The van der Waals surface area contributed by atoms with Gasteiger partial charge in [0.15, 0.2) is 0 Å². The number of aryl methyl sites for hydroxylation is 1. The quantitative estimate of drug-likeness (QED) is 0.524. The average Bonchev–Trinajstić information content (AvgIpc) is 3.31. The van der Waals surface area contributed by atoms with E-state index < -0.39 is 0 Å². The maximum absolute atomic E-state index is 12.6. The summed E-state index contributed by atoms with van der Waals surface area (Å²) in [6.45, 7) is 6.88. The van der Waals surface area contributed by atoms with Gasteiger partial charge in [0.1, 0.15) is 5.82 Å². The molecule has 2 aliphatic rings. The molecule has 2 N–H and O–H groups in total. The van der Waals surface area contributed by atoms with Crippen molar-refractivity contribution in [2.24, 2.45) is 0 Å². The summed E-state index contributed by atoms with van der Waals surface area (Å²) in [6, 6.07) is 20.8. The molecule has 1 fully saturated rings. The van der Waals surface area contributed by atoms with E-state index in [-0.39, 0.29) is 5.91 Å². The Morgan fingerprint density at radius 2 is 1.69 bits per heavy atom. The Bertz CT molecular complexity index is 1120. The molecule has 1 unspecified atom stereocenters. The number of likely N-dealkylation sites (N-methyl/N-ethyl adjacent to an activating group) is 1. The summed E-state index contributed by atoms with van der Waals surface area (Å²) in [4.78, 5) is 21.9. The van der Waals surface area contributed by atoms with Crippen LogP contribution in [-0.4, -0.2) is 60.5 Å². The predicted octanol–water partition coefficient (Wildman–Crippen LogP) is 3.90. The van der Waals surface area contributed by atoms with Crippen molar-refractivity contribution in [2.75, 3.05) is 45.1 Å². The third-order valence-electron chi connectivity index (χ3n) is 7.27. The number of piperazine rings is 1. The highest BCUT2D eigenvalue weighted by Gasteiger charge is 2.22. The average molecular weight is 470 g/mol. The third-order valence-corrected chi connectivity index (χ3v) is 7.27. The standard InChI is InChI=1S/C29H35N5O/c1-33-15-17-34(18-16-33)21-24-9-11-25(12-10-24)29(35)32-19-23-6-4-22(5-7-23)8-13-26-20-31-28-27(26)3-2-14-30-28/h2-7,9-12,14,26H,8,13,15-21H2,1H3,(H,30,31)(H,32,35). The lowest BCUT2D eigenvalue weighted by Crippen LogP contribution is -2.43. The molecule has 1 amide bonds. The van der Waals surface area contributed by atoms with Crippen LogP contribution in [0, 0.1) is 0 Å². The van der Waals surface area contributed by atoms with Gasteiger partial charge in [-0.1, -0.05) is 42.5 Å². The molecule has 0 bridgehead atoms. The van der Waals surface area contributed by atoms with Gasteiger partial charge in [-0.2, -0.15) is 0 Å². The highest BCUT2D eigenvalue weighted by atomic mass is 16.1. The van der Waals surface area contributed by atoms with Crippen LogP contribution >= 0.6 is 0 Å². The zero-order valence-electron chi connectivity index (χ0n) is 20.5. The Morgan fingerprint density at radius 3 is 2.46 bits per heavy atom. The molecule has 3 aromatic rings. The number of nitrogens with zero attached hydrogens (tertiary/aromatic N) is 3. The van der Waals surface area contributed by atoms with Gasteiger partial charge in [-0.15, -0.1) is 0 Å². The van der Waals surface area contributed by atoms with E-state index in [9.17, 15) is 4.79 Å². The zero-order valence-corrected chi connectivity index (χ0v) is 20.5. The molecule has 6 heteroatoms. The van der Waals surface area contributed by atoms with Gasteiger partial charge in [0.25, 0.3) is 5.91 Å². The van der Waals surface area contributed by atoms with Gasteiger partial charge in [-0.25, -0.2) is 4.98 Å². The molecule has 1 aromatic heterocycles. The number of carbonyl (C=O) groups excluding carboxylic acids is 1. The number of nitrogens with one attached hydrogen (secondary N) is 2. The number of amides is 1. The van der Waals surface area contributed by atoms with E-state index in [0.29, 0.717) is 18.0 Å².